The van der Waals surface area contributed by atoms with E-state index in [1.165, 1.54) is 0 Å². The molecule has 0 spiro atoms. The molecule has 8 aromatic carbocycles. The van der Waals surface area contributed by atoms with E-state index in [1.54, 1.807) is 243 Å². The van der Waals surface area contributed by atoms with Crippen LogP contribution in [0.1, 0.15) is 0 Å². The first-order valence-corrected chi connectivity index (χ1v) is 25.0. The molecule has 61 heavy (non-hydrogen) atoms. The van der Waals surface area contributed by atoms with Crippen LogP contribution in [0.15, 0.2) is 243 Å². The second kappa shape index (κ2) is 23.4. The van der Waals surface area contributed by atoms with Gasteiger partial charge in [-0.1, -0.05) is 243 Å². The van der Waals surface area contributed by atoms with Crippen LogP contribution in [0.25, 0.3) is 0 Å². The summed E-state index contributed by atoms with van der Waals surface area (Å²) >= 11 is 0. The molecule has 0 saturated carbocycles. The van der Waals surface area contributed by atoms with Gasteiger partial charge in [-0.2, -0.15) is 0 Å². The molecule has 8 rings (SSSR count). The predicted octanol–water partition coefficient (Wildman–Crippen LogP) is 5.10. The fourth-order valence-corrected chi connectivity index (χ4v) is 11.3. The summed E-state index contributed by atoms with van der Waals surface area (Å²) in [5.41, 5.74) is 0. The van der Waals surface area contributed by atoms with Gasteiger partial charge in [0.1, 0.15) is 0 Å². The van der Waals surface area contributed by atoms with Gasteiger partial charge >= 0.3 is 21.1 Å². The summed E-state index contributed by atoms with van der Waals surface area (Å²) in [6, 6.07) is 67.8. The molecule has 0 aliphatic carbocycles. The minimum absolute atomic E-state index is 0. The van der Waals surface area contributed by atoms with E-state index in [0.29, 0.717) is 42.4 Å². The summed E-state index contributed by atoms with van der Waals surface area (Å²) in [5, 5.41) is 2.86. The number of hydrogen-bond acceptors (Lipinski definition) is 8. The van der Waals surface area contributed by atoms with Gasteiger partial charge in [-0.15, -0.1) is 0 Å². The summed E-state index contributed by atoms with van der Waals surface area (Å²) < 4.78 is 48.2. The van der Waals surface area contributed by atoms with Crippen LogP contribution < -0.4 is 62.0 Å². The van der Waals surface area contributed by atoms with Crippen LogP contribution >= 0.6 is 29.5 Å². The van der Waals surface area contributed by atoms with Crippen LogP contribution in [-0.2, 0) is 39.3 Å². The van der Waals surface area contributed by atoms with Crippen molar-refractivity contribution in [3.8, 4) is 0 Å². The maximum Gasteiger partial charge on any atom is 4.00 e. The fourth-order valence-electron chi connectivity index (χ4n) is 5.59. The Hall–Kier alpha value is -4.79. The molecular formula is C48H40O8P4W. The van der Waals surface area contributed by atoms with Crippen molar-refractivity contribution in [2.45, 2.75) is 0 Å². The van der Waals surface area contributed by atoms with Crippen LogP contribution in [0.2, 0.25) is 0 Å². The Kier molecular flexibility index (Phi) is 18.8. The molecule has 0 aliphatic heterocycles. The van der Waals surface area contributed by atoms with Crippen molar-refractivity contribution in [3.05, 3.63) is 243 Å². The average molecular weight is 1050 g/mol. The van der Waals surface area contributed by atoms with Gasteiger partial charge < -0.3 is 37.8 Å². The van der Waals surface area contributed by atoms with Crippen molar-refractivity contribution in [3.63, 3.8) is 0 Å². The summed E-state index contributed by atoms with van der Waals surface area (Å²) in [6.07, 6.45) is 0. The van der Waals surface area contributed by atoms with Crippen LogP contribution in [-0.4, -0.2) is 0 Å². The summed E-state index contributed by atoms with van der Waals surface area (Å²) in [7, 11) is -14.6. The SMILES string of the molecule is O=P([O-])(c1ccccc1)c1ccccc1.O=P([O-])(c1ccccc1)c1ccccc1.O=P([O-])(c1ccccc1)c1ccccc1.O=P([O-])(c1ccccc1)c1ccccc1.[W+4]. The van der Waals surface area contributed by atoms with Gasteiger partial charge in [0.25, 0.3) is 0 Å². The van der Waals surface area contributed by atoms with Crippen molar-refractivity contribution in [2.75, 3.05) is 0 Å². The second-order valence-electron chi connectivity index (χ2n) is 12.9. The first kappa shape index (κ1) is 48.9. The van der Waals surface area contributed by atoms with Gasteiger partial charge in [-0.05, 0) is 0 Å². The molecular weight excluding hydrogens is 1010 g/mol. The molecule has 0 heterocycles. The fraction of sp³-hybridized carbons (Fsp3) is 0. The molecule has 0 N–H and O–H groups in total. The van der Waals surface area contributed by atoms with Crippen molar-refractivity contribution in [1.82, 2.24) is 0 Å². The van der Waals surface area contributed by atoms with Crippen molar-refractivity contribution in [2.24, 2.45) is 0 Å². The van der Waals surface area contributed by atoms with Crippen LogP contribution in [0.3, 0.4) is 0 Å². The molecule has 8 aromatic rings. The Labute approximate surface area is 371 Å². The van der Waals surface area contributed by atoms with Gasteiger partial charge in [-0.25, -0.2) is 0 Å². The van der Waals surface area contributed by atoms with Crippen LogP contribution in [0.5, 0.6) is 0 Å². The third-order valence-electron chi connectivity index (χ3n) is 8.77. The predicted molar refractivity (Wildman–Crippen MR) is 239 cm³/mol. The third-order valence-corrected chi connectivity index (χ3v) is 16.6. The van der Waals surface area contributed by atoms with Gasteiger partial charge in [0.05, 0.1) is 29.5 Å². The molecule has 0 aromatic heterocycles. The van der Waals surface area contributed by atoms with Gasteiger partial charge in [-0.3, -0.25) is 0 Å². The molecule has 0 amide bonds. The van der Waals surface area contributed by atoms with E-state index in [9.17, 15) is 37.8 Å². The molecule has 0 bridgehead atoms. The first-order valence-electron chi connectivity index (χ1n) is 18.5. The van der Waals surface area contributed by atoms with Gasteiger partial charge in [0, 0.05) is 42.4 Å². The molecule has 0 unspecified atom stereocenters. The molecule has 0 aliphatic rings. The maximum atomic E-state index is 12.1. The van der Waals surface area contributed by atoms with E-state index in [2.05, 4.69) is 0 Å². The molecule has 8 nitrogen and oxygen atoms in total. The Bertz CT molecular complexity index is 2130. The van der Waals surface area contributed by atoms with Crippen LogP contribution in [0.4, 0.5) is 0 Å². The van der Waals surface area contributed by atoms with E-state index in [0.717, 1.165) is 0 Å². The average Bonchev–Trinajstić information content (AvgIpc) is 3.32. The Morgan fingerprint density at radius 1 is 0.197 bits per heavy atom. The van der Waals surface area contributed by atoms with Crippen molar-refractivity contribution >= 4 is 71.9 Å². The van der Waals surface area contributed by atoms with Gasteiger partial charge in [0.15, 0.2) is 0 Å². The van der Waals surface area contributed by atoms with Crippen molar-refractivity contribution in [1.29, 1.82) is 0 Å². The zero-order chi connectivity index (χ0) is 42.9. The van der Waals surface area contributed by atoms with Crippen molar-refractivity contribution < 1.29 is 58.9 Å². The minimum atomic E-state index is -3.65. The summed E-state index contributed by atoms with van der Waals surface area (Å²) in [5.74, 6) is 0. The normalized spacial score (nSPS) is 11.1. The minimum Gasteiger partial charge on any atom is -0.793 e. The topological polar surface area (TPSA) is 161 Å². The first-order chi connectivity index (χ1) is 28.8. The number of rotatable bonds is 8. The van der Waals surface area contributed by atoms with E-state index >= 15 is 0 Å². The van der Waals surface area contributed by atoms with E-state index in [4.69, 9.17) is 0 Å². The summed E-state index contributed by atoms with van der Waals surface area (Å²) in [6.45, 7) is 0. The Balaban J connectivity index is 0.000000178. The van der Waals surface area contributed by atoms with Crippen LogP contribution in [0, 0.1) is 0 Å². The standard InChI is InChI=1S/4C12H11O2P.W/c4*13-15(14,11-7-3-1-4-8-11)12-9-5-2-6-10-12;/h4*1-10H,(H,13,14);/q;;;;+4/p-4. The van der Waals surface area contributed by atoms with Gasteiger partial charge in [0.2, 0.25) is 0 Å². The van der Waals surface area contributed by atoms with E-state index < -0.39 is 29.5 Å². The van der Waals surface area contributed by atoms with E-state index in [-0.39, 0.29) is 21.1 Å². The third kappa shape index (κ3) is 13.6. The Morgan fingerprint density at radius 3 is 0.361 bits per heavy atom. The number of benzene rings is 8. The maximum absolute atomic E-state index is 12.1. The molecule has 13 heteroatoms. The Morgan fingerprint density at radius 2 is 0.279 bits per heavy atom. The molecule has 0 atom stereocenters. The molecule has 0 fully saturated rings. The largest absolute Gasteiger partial charge is 4.00 e. The summed E-state index contributed by atoms with van der Waals surface area (Å²) in [4.78, 5) is 48.2. The van der Waals surface area contributed by atoms with E-state index in [1.807, 2.05) is 0 Å². The second-order valence-corrected chi connectivity index (χ2v) is 21.4. The molecule has 0 saturated heterocycles. The smallest absolute Gasteiger partial charge is 0.793 e. The number of hydrogen-bond donors (Lipinski definition) is 0. The molecule has 0 radical (unpaired) electrons. The monoisotopic (exact) mass is 1050 g/mol. The quantitative estimate of drug-likeness (QED) is 0.190. The zero-order valence-electron chi connectivity index (χ0n) is 32.6. The zero-order valence-corrected chi connectivity index (χ0v) is 39.1. The molecule has 306 valence electrons.